The maximum Gasteiger partial charge on any atom is 0.416 e. The highest BCUT2D eigenvalue weighted by molar-refractivity contribution is 5.85. The van der Waals surface area contributed by atoms with Crippen LogP contribution in [-0.2, 0) is 17.5 Å². The molecule has 1 saturated carbocycles. The van der Waals surface area contributed by atoms with Crippen LogP contribution in [0.1, 0.15) is 44.2 Å². The third kappa shape index (κ3) is 5.08. The molecule has 1 saturated heterocycles. The summed E-state index contributed by atoms with van der Waals surface area (Å²) in [6.45, 7) is 5.19. The molecule has 1 atom stereocenters. The standard InChI is InChI=1S/C19H25F3N2O2.ClH/c1-12(2)26-14-4-3-13(15(9-14)19(20,21)22)11-24-17(25)16-10-18(16)5-7-23-8-6-18;/h3-4,9,12,16,23H,5-8,10-11H2,1-2H3,(H,24,25);1H. The fraction of sp³-hybridized carbons (Fsp3) is 0.632. The normalized spacial score (nSPS) is 20.9. The summed E-state index contributed by atoms with van der Waals surface area (Å²) >= 11 is 0. The van der Waals surface area contributed by atoms with Gasteiger partial charge in [-0.1, -0.05) is 6.07 Å². The molecule has 2 fully saturated rings. The first-order chi connectivity index (χ1) is 12.2. The van der Waals surface area contributed by atoms with Crippen LogP contribution in [0.2, 0.25) is 0 Å². The van der Waals surface area contributed by atoms with Crippen molar-refractivity contribution in [2.45, 2.75) is 51.9 Å². The van der Waals surface area contributed by atoms with Crippen LogP contribution in [-0.4, -0.2) is 25.1 Å². The Bertz CT molecular complexity index is 673. The minimum absolute atomic E-state index is 0. The van der Waals surface area contributed by atoms with Gasteiger partial charge in [0, 0.05) is 12.5 Å². The van der Waals surface area contributed by atoms with Crippen LogP contribution >= 0.6 is 12.4 Å². The lowest BCUT2D eigenvalue weighted by atomic mass is 9.92. The van der Waals surface area contributed by atoms with E-state index >= 15 is 0 Å². The SMILES string of the molecule is CC(C)Oc1ccc(CNC(=O)C2CC23CCNCC3)c(C(F)(F)F)c1.Cl. The number of ether oxygens (including phenoxy) is 1. The van der Waals surface area contributed by atoms with Gasteiger partial charge < -0.3 is 15.4 Å². The molecule has 152 valence electrons. The van der Waals surface area contributed by atoms with E-state index in [1.807, 2.05) is 0 Å². The first-order valence-corrected chi connectivity index (χ1v) is 9.06. The number of carbonyl (C=O) groups is 1. The molecule has 1 aliphatic carbocycles. The number of amides is 1. The van der Waals surface area contributed by atoms with E-state index in [9.17, 15) is 18.0 Å². The second-order valence-electron chi connectivity index (χ2n) is 7.57. The third-order valence-electron chi connectivity index (χ3n) is 5.32. The Balaban J connectivity index is 0.00000261. The third-order valence-corrected chi connectivity index (χ3v) is 5.32. The van der Waals surface area contributed by atoms with Crippen LogP contribution in [0, 0.1) is 11.3 Å². The summed E-state index contributed by atoms with van der Waals surface area (Å²) in [7, 11) is 0. The molecule has 1 heterocycles. The number of nitrogens with one attached hydrogen (secondary N) is 2. The van der Waals surface area contributed by atoms with E-state index in [2.05, 4.69) is 10.6 Å². The van der Waals surface area contributed by atoms with Crippen LogP contribution in [0.4, 0.5) is 13.2 Å². The number of alkyl halides is 3. The van der Waals surface area contributed by atoms with Gasteiger partial charge in [0.2, 0.25) is 5.91 Å². The predicted molar refractivity (Wildman–Crippen MR) is 98.9 cm³/mol. The fourth-order valence-electron chi connectivity index (χ4n) is 3.82. The summed E-state index contributed by atoms with van der Waals surface area (Å²) in [5, 5.41) is 5.98. The molecular weight excluding hydrogens is 381 g/mol. The summed E-state index contributed by atoms with van der Waals surface area (Å²) < 4.78 is 45.5. The van der Waals surface area contributed by atoms with Crippen LogP contribution in [0.5, 0.6) is 5.75 Å². The van der Waals surface area contributed by atoms with Gasteiger partial charge in [-0.25, -0.2) is 0 Å². The van der Waals surface area contributed by atoms with Gasteiger partial charge >= 0.3 is 6.18 Å². The Kier molecular flexibility index (Phi) is 6.68. The molecule has 1 aromatic rings. The van der Waals surface area contributed by atoms with Crippen molar-refractivity contribution < 1.29 is 22.7 Å². The zero-order chi connectivity index (χ0) is 18.9. The lowest BCUT2D eigenvalue weighted by Crippen LogP contribution is -2.33. The van der Waals surface area contributed by atoms with Gasteiger partial charge in [0.25, 0.3) is 0 Å². The Morgan fingerprint density at radius 3 is 2.59 bits per heavy atom. The minimum Gasteiger partial charge on any atom is -0.491 e. The molecule has 0 radical (unpaired) electrons. The molecule has 3 rings (SSSR count). The molecule has 1 aliphatic heterocycles. The monoisotopic (exact) mass is 406 g/mol. The molecule has 1 amide bonds. The Morgan fingerprint density at radius 2 is 2.00 bits per heavy atom. The van der Waals surface area contributed by atoms with Crippen LogP contribution in [0.3, 0.4) is 0 Å². The quantitative estimate of drug-likeness (QED) is 0.779. The second kappa shape index (κ2) is 8.27. The van der Waals surface area contributed by atoms with Gasteiger partial charge in [0.1, 0.15) is 5.75 Å². The van der Waals surface area contributed by atoms with Crippen molar-refractivity contribution in [2.75, 3.05) is 13.1 Å². The lowest BCUT2D eigenvalue weighted by molar-refractivity contribution is -0.138. The van der Waals surface area contributed by atoms with E-state index in [4.69, 9.17) is 4.74 Å². The van der Waals surface area contributed by atoms with Crippen molar-refractivity contribution in [2.24, 2.45) is 11.3 Å². The number of carbonyl (C=O) groups excluding carboxylic acids is 1. The molecule has 0 aromatic heterocycles. The smallest absolute Gasteiger partial charge is 0.416 e. The van der Waals surface area contributed by atoms with Crippen molar-refractivity contribution in [3.63, 3.8) is 0 Å². The maximum absolute atomic E-state index is 13.4. The molecule has 27 heavy (non-hydrogen) atoms. The molecule has 1 aromatic carbocycles. The predicted octanol–water partition coefficient (Wildman–Crippen LogP) is 3.92. The van der Waals surface area contributed by atoms with Crippen molar-refractivity contribution in [1.29, 1.82) is 0 Å². The molecule has 0 bridgehead atoms. The Labute approximate surface area is 163 Å². The Morgan fingerprint density at radius 1 is 1.33 bits per heavy atom. The maximum atomic E-state index is 13.4. The molecule has 4 nitrogen and oxygen atoms in total. The van der Waals surface area contributed by atoms with Gasteiger partial charge in [-0.2, -0.15) is 13.2 Å². The Hall–Kier alpha value is -1.47. The average molecular weight is 407 g/mol. The average Bonchev–Trinajstić information content (AvgIpc) is 3.25. The molecule has 2 aliphatic rings. The van der Waals surface area contributed by atoms with Crippen molar-refractivity contribution in [3.05, 3.63) is 29.3 Å². The van der Waals surface area contributed by atoms with Crippen LogP contribution < -0.4 is 15.4 Å². The topological polar surface area (TPSA) is 50.4 Å². The number of rotatable bonds is 5. The first kappa shape index (κ1) is 21.8. The van der Waals surface area contributed by atoms with Gasteiger partial charge in [-0.15, -0.1) is 12.4 Å². The van der Waals surface area contributed by atoms with Gasteiger partial charge in [-0.05, 0) is 69.3 Å². The molecule has 2 N–H and O–H groups in total. The zero-order valence-electron chi connectivity index (χ0n) is 15.5. The van der Waals surface area contributed by atoms with Crippen molar-refractivity contribution in [3.8, 4) is 5.75 Å². The molecule has 8 heteroatoms. The van der Waals surface area contributed by atoms with E-state index in [0.717, 1.165) is 38.4 Å². The number of piperidine rings is 1. The van der Waals surface area contributed by atoms with Crippen LogP contribution in [0.25, 0.3) is 0 Å². The molecule has 1 unspecified atom stereocenters. The number of hydrogen-bond donors (Lipinski definition) is 2. The summed E-state index contributed by atoms with van der Waals surface area (Å²) in [4.78, 5) is 12.4. The highest BCUT2D eigenvalue weighted by Gasteiger charge is 2.57. The van der Waals surface area contributed by atoms with E-state index in [1.165, 1.54) is 12.1 Å². The molecular formula is C19H26ClF3N2O2. The van der Waals surface area contributed by atoms with E-state index in [1.54, 1.807) is 13.8 Å². The van der Waals surface area contributed by atoms with E-state index < -0.39 is 11.7 Å². The van der Waals surface area contributed by atoms with Crippen molar-refractivity contribution >= 4 is 18.3 Å². The molecule has 1 spiro atoms. The largest absolute Gasteiger partial charge is 0.491 e. The summed E-state index contributed by atoms with van der Waals surface area (Å²) in [5.74, 6) is -0.0248. The highest BCUT2D eigenvalue weighted by atomic mass is 35.5. The second-order valence-corrected chi connectivity index (χ2v) is 7.57. The summed E-state index contributed by atoms with van der Waals surface area (Å²) in [6.07, 6.45) is -1.95. The van der Waals surface area contributed by atoms with E-state index in [-0.39, 0.29) is 53.6 Å². The number of benzene rings is 1. The fourth-order valence-corrected chi connectivity index (χ4v) is 3.82. The zero-order valence-corrected chi connectivity index (χ0v) is 16.3. The van der Waals surface area contributed by atoms with Crippen LogP contribution in [0.15, 0.2) is 18.2 Å². The van der Waals surface area contributed by atoms with Gasteiger partial charge in [0.05, 0.1) is 11.7 Å². The summed E-state index contributed by atoms with van der Waals surface area (Å²) in [6, 6.07) is 3.91. The van der Waals surface area contributed by atoms with E-state index in [0.29, 0.717) is 0 Å². The summed E-state index contributed by atoms with van der Waals surface area (Å²) in [5.41, 5.74) is -0.637. The van der Waals surface area contributed by atoms with Gasteiger partial charge in [0.15, 0.2) is 0 Å². The number of hydrogen-bond acceptors (Lipinski definition) is 3. The first-order valence-electron chi connectivity index (χ1n) is 9.06. The van der Waals surface area contributed by atoms with Crippen molar-refractivity contribution in [1.82, 2.24) is 10.6 Å². The highest BCUT2D eigenvalue weighted by Crippen LogP contribution is 2.58. The lowest BCUT2D eigenvalue weighted by Gasteiger charge is -2.23. The number of halogens is 4. The minimum atomic E-state index is -4.49. The van der Waals surface area contributed by atoms with Gasteiger partial charge in [-0.3, -0.25) is 4.79 Å².